The van der Waals surface area contributed by atoms with Crippen LogP contribution in [0.1, 0.15) is 0 Å². The second-order valence-electron chi connectivity index (χ2n) is 1.35. The summed E-state index contributed by atoms with van der Waals surface area (Å²) in [7, 11) is 0. The highest BCUT2D eigenvalue weighted by molar-refractivity contribution is 6.98. The highest BCUT2D eigenvalue weighted by Gasteiger charge is 2.01. The van der Waals surface area contributed by atoms with Gasteiger partial charge in [-0.3, -0.25) is 0 Å². The van der Waals surface area contributed by atoms with E-state index in [2.05, 4.69) is 35.8 Å². The molecule has 2 aromatic rings. The van der Waals surface area contributed by atoms with E-state index in [-0.39, 0.29) is 0 Å². The quantitative estimate of drug-likeness (QED) is 0.508. The molecule has 2 heterocycles. The number of nitrogens with zero attached hydrogens (tertiary/aromatic N) is 7. The molecule has 0 unspecified atom stereocenters. The van der Waals surface area contributed by atoms with Gasteiger partial charge in [0.1, 0.15) is 0 Å². The average Bonchev–Trinajstić information content (AvgIpc) is 2.59. The van der Waals surface area contributed by atoms with E-state index < -0.39 is 0 Å². The average molecular weight is 154 g/mol. The Balaban J connectivity index is 2.48. The number of tetrazole rings is 1. The minimum atomic E-state index is 0.343. The maximum absolute atomic E-state index is 3.77. The van der Waals surface area contributed by atoms with E-state index in [1.165, 1.54) is 4.68 Å². The van der Waals surface area contributed by atoms with E-state index in [1.807, 2.05) is 0 Å². The van der Waals surface area contributed by atoms with Crippen LogP contribution < -0.4 is 0 Å². The normalized spacial score (nSPS) is 10.0. The lowest BCUT2D eigenvalue weighted by molar-refractivity contribution is 0.749. The first-order chi connectivity index (χ1) is 4.97. The zero-order valence-corrected chi connectivity index (χ0v) is 5.36. The van der Waals surface area contributed by atoms with Crippen molar-refractivity contribution in [1.29, 1.82) is 0 Å². The zero-order valence-electron chi connectivity index (χ0n) is 4.54. The van der Waals surface area contributed by atoms with Crippen LogP contribution in [-0.4, -0.2) is 34.2 Å². The standard InChI is InChI=1S/C2N7S/c1-3-6-7-9(1)2-4-8-10-5-2. The maximum atomic E-state index is 3.77. The second-order valence-corrected chi connectivity index (χ2v) is 1.85. The van der Waals surface area contributed by atoms with E-state index in [1.54, 1.807) is 0 Å². The van der Waals surface area contributed by atoms with Crippen LogP contribution in [0.5, 0.6) is 0 Å². The second kappa shape index (κ2) is 2.06. The van der Waals surface area contributed by atoms with Crippen LogP contribution in [0.2, 0.25) is 0 Å². The van der Waals surface area contributed by atoms with Gasteiger partial charge in [0.05, 0.1) is 11.7 Å². The van der Waals surface area contributed by atoms with Crippen molar-refractivity contribution >= 4 is 11.7 Å². The Morgan fingerprint density at radius 2 is 2.50 bits per heavy atom. The van der Waals surface area contributed by atoms with Crippen LogP contribution in [0.3, 0.4) is 0 Å². The third-order valence-corrected chi connectivity index (χ3v) is 1.19. The van der Waals surface area contributed by atoms with Crippen LogP contribution >= 0.6 is 11.7 Å². The molecule has 0 aliphatic heterocycles. The molecular weight excluding hydrogens is 154 g/mol. The van der Waals surface area contributed by atoms with E-state index in [4.69, 9.17) is 0 Å². The van der Waals surface area contributed by atoms with Gasteiger partial charge in [0.2, 0.25) is 6.33 Å². The third-order valence-electron chi connectivity index (χ3n) is 0.792. The number of hydrogen-bond donors (Lipinski definition) is 0. The maximum Gasteiger partial charge on any atom is 0.286 e. The molecule has 0 atom stereocenters. The van der Waals surface area contributed by atoms with Gasteiger partial charge in [0, 0.05) is 0 Å². The van der Waals surface area contributed by atoms with Gasteiger partial charge in [-0.25, -0.2) is 0 Å². The van der Waals surface area contributed by atoms with Crippen molar-refractivity contribution in [3.05, 3.63) is 6.33 Å². The highest BCUT2D eigenvalue weighted by Crippen LogP contribution is 1.92. The molecule has 10 heavy (non-hydrogen) atoms. The van der Waals surface area contributed by atoms with Crippen molar-refractivity contribution in [1.82, 2.24) is 34.2 Å². The Hall–Kier alpha value is -1.44. The van der Waals surface area contributed by atoms with Gasteiger partial charge in [0.25, 0.3) is 5.95 Å². The number of rotatable bonds is 1. The molecular formula is C2N7S. The molecule has 7 nitrogen and oxygen atoms in total. The number of hydrogen-bond acceptors (Lipinski definition) is 7. The fourth-order valence-electron chi connectivity index (χ4n) is 0.436. The molecule has 0 bridgehead atoms. The summed E-state index contributed by atoms with van der Waals surface area (Å²) in [6, 6.07) is 0. The number of aromatic nitrogens is 7. The smallest absolute Gasteiger partial charge is 0.152 e. The minimum Gasteiger partial charge on any atom is -0.152 e. The molecule has 1 radical (unpaired) electrons. The van der Waals surface area contributed by atoms with Gasteiger partial charge >= 0.3 is 0 Å². The Morgan fingerprint density at radius 3 is 3.10 bits per heavy atom. The summed E-state index contributed by atoms with van der Waals surface area (Å²) in [5, 5.41) is 13.7. The van der Waals surface area contributed by atoms with E-state index in [9.17, 15) is 0 Å². The molecule has 0 aliphatic carbocycles. The largest absolute Gasteiger partial charge is 0.286 e. The third kappa shape index (κ3) is 0.739. The molecule has 0 saturated heterocycles. The van der Waals surface area contributed by atoms with Crippen molar-refractivity contribution < 1.29 is 0 Å². The lowest BCUT2D eigenvalue weighted by atomic mass is 11.0. The molecule has 0 N–H and O–H groups in total. The summed E-state index contributed by atoms with van der Waals surface area (Å²) in [6.45, 7) is 0. The van der Waals surface area contributed by atoms with Gasteiger partial charge < -0.3 is 0 Å². The van der Waals surface area contributed by atoms with Crippen LogP contribution in [0.4, 0.5) is 0 Å². The Kier molecular flexibility index (Phi) is 1.10. The Morgan fingerprint density at radius 1 is 1.50 bits per heavy atom. The van der Waals surface area contributed by atoms with E-state index >= 15 is 0 Å². The first-order valence-corrected chi connectivity index (χ1v) is 3.01. The van der Waals surface area contributed by atoms with Crippen molar-refractivity contribution in [2.45, 2.75) is 0 Å². The Labute approximate surface area is 59.0 Å². The fraction of sp³-hybridized carbons (Fsp3) is 0. The van der Waals surface area contributed by atoms with Gasteiger partial charge in [-0.2, -0.15) is 4.68 Å². The van der Waals surface area contributed by atoms with Crippen LogP contribution in [0.25, 0.3) is 5.95 Å². The van der Waals surface area contributed by atoms with Crippen molar-refractivity contribution in [2.75, 3.05) is 0 Å². The SMILES string of the molecule is [c]1nnnn1-c1nnsn1. The predicted molar refractivity (Wildman–Crippen MR) is 29.3 cm³/mol. The fourth-order valence-corrected chi connectivity index (χ4v) is 0.769. The minimum absolute atomic E-state index is 0.343. The summed E-state index contributed by atoms with van der Waals surface area (Å²) in [4.78, 5) is 0. The molecule has 2 rings (SSSR count). The molecule has 0 aliphatic rings. The summed E-state index contributed by atoms with van der Waals surface area (Å²) < 4.78 is 8.50. The topological polar surface area (TPSA) is 82.3 Å². The van der Waals surface area contributed by atoms with Crippen LogP contribution in [0.15, 0.2) is 0 Å². The summed E-state index contributed by atoms with van der Waals surface area (Å²) in [6.07, 6.45) is 2.43. The first-order valence-electron chi connectivity index (χ1n) is 2.28. The highest BCUT2D eigenvalue weighted by atomic mass is 32.1. The van der Waals surface area contributed by atoms with Crippen molar-refractivity contribution in [3.63, 3.8) is 0 Å². The van der Waals surface area contributed by atoms with E-state index in [0.29, 0.717) is 5.95 Å². The molecule has 0 amide bonds. The van der Waals surface area contributed by atoms with E-state index in [0.717, 1.165) is 11.7 Å². The zero-order chi connectivity index (χ0) is 6.81. The van der Waals surface area contributed by atoms with Crippen molar-refractivity contribution in [2.24, 2.45) is 0 Å². The molecule has 49 valence electrons. The molecule has 0 fully saturated rings. The monoisotopic (exact) mass is 154 g/mol. The van der Waals surface area contributed by atoms with Crippen LogP contribution in [0, 0.1) is 6.33 Å². The van der Waals surface area contributed by atoms with Crippen molar-refractivity contribution in [3.8, 4) is 5.95 Å². The van der Waals surface area contributed by atoms with Gasteiger partial charge in [0.15, 0.2) is 0 Å². The van der Waals surface area contributed by atoms with Gasteiger partial charge in [-0.15, -0.1) is 9.47 Å². The lowest BCUT2D eigenvalue weighted by Gasteiger charge is -1.81. The van der Waals surface area contributed by atoms with Gasteiger partial charge in [-0.1, -0.05) is 9.59 Å². The van der Waals surface area contributed by atoms with Gasteiger partial charge in [-0.05, 0) is 10.4 Å². The lowest BCUT2D eigenvalue weighted by Crippen LogP contribution is -1.97. The summed E-state index contributed by atoms with van der Waals surface area (Å²) in [5.74, 6) is 0.343. The molecule has 0 aromatic carbocycles. The first kappa shape index (κ1) is 5.35. The predicted octanol–water partition coefficient (Wildman–Crippen LogP) is -1.29. The molecule has 0 saturated carbocycles. The summed E-state index contributed by atoms with van der Waals surface area (Å²) >= 11 is 0.990. The molecule has 0 spiro atoms. The molecule has 2 aromatic heterocycles. The summed E-state index contributed by atoms with van der Waals surface area (Å²) in [5.41, 5.74) is 0. The van der Waals surface area contributed by atoms with Crippen LogP contribution in [-0.2, 0) is 0 Å². The molecule has 8 heteroatoms. The Bertz CT molecular complexity index is 251.